The van der Waals surface area contributed by atoms with Crippen molar-refractivity contribution in [3.05, 3.63) is 76.3 Å². The molecule has 4 heterocycles. The molecule has 1 atom stereocenters. The number of imidazole rings is 1. The van der Waals surface area contributed by atoms with Gasteiger partial charge in [0, 0.05) is 44.1 Å². The van der Waals surface area contributed by atoms with Gasteiger partial charge in [-0.05, 0) is 83.9 Å². The topological polar surface area (TPSA) is 92.1 Å². The number of hydrogen-bond donors (Lipinski definition) is 1. The Kier molecular flexibility index (Phi) is 7.53. The average molecular weight is 632 g/mol. The Balaban J connectivity index is 1.21. The molecule has 1 saturated heterocycles. The minimum atomic E-state index is -0.634. The Labute approximate surface area is 254 Å². The second-order valence-corrected chi connectivity index (χ2v) is 12.4. The number of nitrogens with zero attached hydrogens (tertiary/aromatic N) is 5. The molecule has 10 heteroatoms. The van der Waals surface area contributed by atoms with Gasteiger partial charge in [-0.15, -0.1) is 0 Å². The third-order valence-corrected chi connectivity index (χ3v) is 8.63. The molecule has 0 aliphatic carbocycles. The van der Waals surface area contributed by atoms with Gasteiger partial charge < -0.3 is 24.3 Å². The number of ether oxygens (including phenoxy) is 1. The number of rotatable bonds is 5. The number of aromatic nitrogens is 3. The minimum absolute atomic E-state index is 0.0792. The van der Waals surface area contributed by atoms with Crippen LogP contribution in [-0.2, 0) is 21.5 Å². The molecule has 6 rings (SSSR count). The predicted molar refractivity (Wildman–Crippen MR) is 167 cm³/mol. The summed E-state index contributed by atoms with van der Waals surface area (Å²) in [5.74, 6) is 0.554. The molecule has 0 bridgehead atoms. The Morgan fingerprint density at radius 3 is 2.45 bits per heavy atom. The van der Waals surface area contributed by atoms with Gasteiger partial charge >= 0.3 is 0 Å². The molecule has 218 valence electrons. The van der Waals surface area contributed by atoms with E-state index in [4.69, 9.17) is 4.74 Å². The highest BCUT2D eigenvalue weighted by Gasteiger charge is 2.28. The number of anilines is 2. The van der Waals surface area contributed by atoms with Gasteiger partial charge in [0.2, 0.25) is 5.91 Å². The van der Waals surface area contributed by atoms with Crippen molar-refractivity contribution in [2.45, 2.75) is 52.1 Å². The number of carbonyl (C=O) groups excluding carboxylic acids is 2. The van der Waals surface area contributed by atoms with E-state index in [-0.39, 0.29) is 17.9 Å². The minimum Gasteiger partial charge on any atom is -0.378 e. The molecule has 4 aromatic rings. The van der Waals surface area contributed by atoms with Gasteiger partial charge in [0.15, 0.2) is 11.5 Å². The van der Waals surface area contributed by atoms with Crippen molar-refractivity contribution in [3.63, 3.8) is 0 Å². The summed E-state index contributed by atoms with van der Waals surface area (Å²) in [7, 11) is 0. The van der Waals surface area contributed by atoms with Crippen LogP contribution < -0.4 is 15.1 Å². The number of halogens is 1. The monoisotopic (exact) mass is 630 g/mol. The van der Waals surface area contributed by atoms with E-state index in [1.807, 2.05) is 29.3 Å². The summed E-state index contributed by atoms with van der Waals surface area (Å²) in [5.41, 5.74) is 5.73. The summed E-state index contributed by atoms with van der Waals surface area (Å²) in [5, 5.41) is 3.17. The molecule has 2 aromatic heterocycles. The van der Waals surface area contributed by atoms with Crippen LogP contribution in [0.25, 0.3) is 16.8 Å². The van der Waals surface area contributed by atoms with E-state index in [9.17, 15) is 9.59 Å². The molecular weight excluding hydrogens is 596 g/mol. The highest BCUT2D eigenvalue weighted by atomic mass is 79.9. The van der Waals surface area contributed by atoms with Crippen LogP contribution in [-0.4, -0.2) is 58.5 Å². The lowest BCUT2D eigenvalue weighted by molar-refractivity contribution is -0.117. The number of nitrogens with one attached hydrogen (secondary N) is 1. The fourth-order valence-corrected chi connectivity index (χ4v) is 6.35. The lowest BCUT2D eigenvalue weighted by atomic mass is 9.90. The molecule has 1 N–H and O–H groups in total. The summed E-state index contributed by atoms with van der Waals surface area (Å²) < 4.78 is 8.00. The lowest BCUT2D eigenvalue weighted by Gasteiger charge is -2.35. The van der Waals surface area contributed by atoms with Crippen LogP contribution in [0, 0.1) is 0 Å². The molecule has 2 aromatic carbocycles. The molecule has 0 spiro atoms. The summed E-state index contributed by atoms with van der Waals surface area (Å²) in [4.78, 5) is 39.0. The zero-order valence-electron chi connectivity index (χ0n) is 24.4. The number of aryl methyl sites for hydroxylation is 1. The van der Waals surface area contributed by atoms with Gasteiger partial charge in [0.25, 0.3) is 5.91 Å². The molecule has 42 heavy (non-hydrogen) atoms. The van der Waals surface area contributed by atoms with Crippen LogP contribution in [0.1, 0.15) is 55.7 Å². The van der Waals surface area contributed by atoms with Crippen molar-refractivity contribution in [1.29, 1.82) is 0 Å². The highest BCUT2D eigenvalue weighted by molar-refractivity contribution is 9.10. The van der Waals surface area contributed by atoms with Gasteiger partial charge in [0.05, 0.1) is 18.8 Å². The molecular formula is C32H35BrN6O3. The van der Waals surface area contributed by atoms with Crippen LogP contribution >= 0.6 is 15.9 Å². The number of carbonyl (C=O) groups is 2. The molecule has 9 nitrogen and oxygen atoms in total. The zero-order chi connectivity index (χ0) is 29.6. The normalized spacial score (nSPS) is 17.3. The molecule has 2 aliphatic rings. The first kappa shape index (κ1) is 28.4. The Bertz CT molecular complexity index is 1660. The lowest BCUT2D eigenvalue weighted by Crippen LogP contribution is -2.41. The van der Waals surface area contributed by atoms with Crippen molar-refractivity contribution < 1.29 is 14.3 Å². The molecule has 2 amide bonds. The van der Waals surface area contributed by atoms with E-state index in [1.165, 1.54) is 5.56 Å². The number of morpholine rings is 1. The molecule has 2 aliphatic heterocycles. The summed E-state index contributed by atoms with van der Waals surface area (Å²) in [6, 6.07) is 14.8. The van der Waals surface area contributed by atoms with E-state index >= 15 is 0 Å². The molecule has 0 saturated carbocycles. The summed E-state index contributed by atoms with van der Waals surface area (Å²) in [6.45, 7) is 10.4. The fourth-order valence-electron chi connectivity index (χ4n) is 5.96. The maximum atomic E-state index is 13.4. The molecule has 1 fully saturated rings. The van der Waals surface area contributed by atoms with Crippen molar-refractivity contribution in [1.82, 2.24) is 19.7 Å². The molecule has 0 unspecified atom stereocenters. The largest absolute Gasteiger partial charge is 0.378 e. The highest BCUT2D eigenvalue weighted by Crippen LogP contribution is 2.35. The maximum absolute atomic E-state index is 13.4. The van der Waals surface area contributed by atoms with Gasteiger partial charge in [0.1, 0.15) is 10.3 Å². The van der Waals surface area contributed by atoms with Crippen LogP contribution in [0.3, 0.4) is 0 Å². The fraction of sp³-hybridized carbons (Fsp3) is 0.375. The van der Waals surface area contributed by atoms with E-state index in [0.717, 1.165) is 54.1 Å². The standard InChI is InChI=1S/C32H35BrN6O3/c1-20-5-6-24-17-23(9-12-27(24)39(20)21(2)40)22-7-10-25(11-8-22)32(3,4)36-31(41)26-18-38-19-28(33)35-30(29(38)34-26)37-13-15-42-16-14-37/h7-12,17-20H,5-6,13-16H2,1-4H3,(H,36,41)/t20-/m0/s1. The summed E-state index contributed by atoms with van der Waals surface area (Å²) in [6.07, 6.45) is 5.46. The van der Waals surface area contributed by atoms with Gasteiger partial charge in [-0.1, -0.05) is 30.3 Å². The second-order valence-electron chi connectivity index (χ2n) is 11.6. The number of hydrogen-bond acceptors (Lipinski definition) is 6. The first-order valence-electron chi connectivity index (χ1n) is 14.3. The molecule has 0 radical (unpaired) electrons. The summed E-state index contributed by atoms with van der Waals surface area (Å²) >= 11 is 3.49. The predicted octanol–water partition coefficient (Wildman–Crippen LogP) is 5.35. The van der Waals surface area contributed by atoms with Gasteiger partial charge in [-0.25, -0.2) is 9.97 Å². The Morgan fingerprint density at radius 1 is 1.02 bits per heavy atom. The van der Waals surface area contributed by atoms with Gasteiger partial charge in [-0.2, -0.15) is 0 Å². The van der Waals surface area contributed by atoms with Crippen LogP contribution in [0.5, 0.6) is 0 Å². The third-order valence-electron chi connectivity index (χ3n) is 8.25. The van der Waals surface area contributed by atoms with E-state index in [1.54, 1.807) is 13.1 Å². The van der Waals surface area contributed by atoms with Crippen LogP contribution in [0.15, 0.2) is 59.5 Å². The Hall–Kier alpha value is -3.76. The smallest absolute Gasteiger partial charge is 0.272 e. The average Bonchev–Trinajstić information content (AvgIpc) is 3.41. The van der Waals surface area contributed by atoms with Crippen LogP contribution in [0.4, 0.5) is 11.5 Å². The SMILES string of the molecule is CC(=O)N1c2ccc(-c3ccc(C(C)(C)NC(=O)c4cn5cc(Br)nc(N6CCOCC6)c5n4)cc3)cc2CC[C@@H]1C. The Morgan fingerprint density at radius 2 is 1.74 bits per heavy atom. The van der Waals surface area contributed by atoms with E-state index in [0.29, 0.717) is 29.2 Å². The van der Waals surface area contributed by atoms with Crippen LogP contribution in [0.2, 0.25) is 0 Å². The van der Waals surface area contributed by atoms with E-state index < -0.39 is 5.54 Å². The second kappa shape index (κ2) is 11.1. The van der Waals surface area contributed by atoms with E-state index in [2.05, 4.69) is 85.5 Å². The number of fused-ring (bicyclic) bond motifs is 2. The number of amides is 2. The van der Waals surface area contributed by atoms with Crippen molar-refractivity contribution in [2.24, 2.45) is 0 Å². The third kappa shape index (κ3) is 5.41. The zero-order valence-corrected chi connectivity index (χ0v) is 25.9. The first-order chi connectivity index (χ1) is 20.1. The first-order valence-corrected chi connectivity index (χ1v) is 15.1. The quantitative estimate of drug-likeness (QED) is 0.320. The number of benzene rings is 2. The van der Waals surface area contributed by atoms with Gasteiger partial charge in [-0.3, -0.25) is 9.59 Å². The van der Waals surface area contributed by atoms with Crippen molar-refractivity contribution in [3.8, 4) is 11.1 Å². The van der Waals surface area contributed by atoms with Crippen molar-refractivity contribution in [2.75, 3.05) is 36.1 Å². The maximum Gasteiger partial charge on any atom is 0.272 e. The van der Waals surface area contributed by atoms with Crippen molar-refractivity contribution >= 4 is 44.9 Å².